The standard InChI is InChI=1S/C10H17NO2/c1-7-3-2-4-10(7)6-11-5-8(10)9(12)13/h7-8,11H,2-6H2,1H3,(H,12,13). The predicted octanol–water partition coefficient (Wildman–Crippen LogP) is 1.10. The fourth-order valence-corrected chi connectivity index (χ4v) is 3.16. The van der Waals surface area contributed by atoms with Crippen LogP contribution in [-0.4, -0.2) is 24.2 Å². The maximum Gasteiger partial charge on any atom is 0.308 e. The lowest BCUT2D eigenvalue weighted by Gasteiger charge is -2.32. The van der Waals surface area contributed by atoms with E-state index in [1.807, 2.05) is 0 Å². The molecule has 3 heteroatoms. The van der Waals surface area contributed by atoms with Gasteiger partial charge in [0.05, 0.1) is 5.92 Å². The van der Waals surface area contributed by atoms with Crippen LogP contribution in [0.4, 0.5) is 0 Å². The topological polar surface area (TPSA) is 49.3 Å². The van der Waals surface area contributed by atoms with E-state index in [9.17, 15) is 4.79 Å². The highest BCUT2D eigenvalue weighted by molar-refractivity contribution is 5.72. The first-order valence-corrected chi connectivity index (χ1v) is 5.10. The van der Waals surface area contributed by atoms with Gasteiger partial charge in [0, 0.05) is 13.1 Å². The number of rotatable bonds is 1. The number of carboxylic acids is 1. The van der Waals surface area contributed by atoms with Crippen LogP contribution in [0.2, 0.25) is 0 Å². The Morgan fingerprint density at radius 1 is 1.62 bits per heavy atom. The minimum absolute atomic E-state index is 0.0752. The third kappa shape index (κ3) is 1.17. The Balaban J connectivity index is 2.24. The molecule has 1 spiro atoms. The van der Waals surface area contributed by atoms with Crippen LogP contribution in [0.25, 0.3) is 0 Å². The van der Waals surface area contributed by atoms with E-state index < -0.39 is 5.97 Å². The molecule has 0 aromatic carbocycles. The molecular weight excluding hydrogens is 166 g/mol. The van der Waals surface area contributed by atoms with Crippen LogP contribution in [0.5, 0.6) is 0 Å². The molecule has 3 nitrogen and oxygen atoms in total. The highest BCUT2D eigenvalue weighted by atomic mass is 16.4. The van der Waals surface area contributed by atoms with Crippen molar-refractivity contribution >= 4 is 5.97 Å². The summed E-state index contributed by atoms with van der Waals surface area (Å²) in [5.41, 5.74) is 0.0752. The lowest BCUT2D eigenvalue weighted by molar-refractivity contribution is -0.145. The molecule has 1 saturated heterocycles. The second-order valence-corrected chi connectivity index (χ2v) is 4.55. The van der Waals surface area contributed by atoms with E-state index in [0.29, 0.717) is 12.5 Å². The van der Waals surface area contributed by atoms with Gasteiger partial charge in [0.1, 0.15) is 0 Å². The van der Waals surface area contributed by atoms with Crippen molar-refractivity contribution in [3.63, 3.8) is 0 Å². The summed E-state index contributed by atoms with van der Waals surface area (Å²) < 4.78 is 0. The van der Waals surface area contributed by atoms with E-state index in [4.69, 9.17) is 5.11 Å². The van der Waals surface area contributed by atoms with Crippen LogP contribution in [0.15, 0.2) is 0 Å². The first-order chi connectivity index (χ1) is 6.17. The normalized spacial score (nSPS) is 44.4. The number of hydrogen-bond acceptors (Lipinski definition) is 2. The second kappa shape index (κ2) is 2.98. The average molecular weight is 183 g/mol. The Labute approximate surface area is 78.5 Å². The van der Waals surface area contributed by atoms with Crippen LogP contribution in [0.1, 0.15) is 26.2 Å². The number of nitrogens with one attached hydrogen (secondary N) is 1. The molecule has 2 aliphatic rings. The van der Waals surface area contributed by atoms with Crippen LogP contribution < -0.4 is 5.32 Å². The number of hydrogen-bond donors (Lipinski definition) is 2. The molecule has 2 fully saturated rings. The fourth-order valence-electron chi connectivity index (χ4n) is 3.16. The molecule has 0 bridgehead atoms. The molecule has 3 atom stereocenters. The minimum atomic E-state index is -0.612. The Kier molecular flexibility index (Phi) is 2.06. The number of carboxylic acid groups (broad SMARTS) is 1. The van der Waals surface area contributed by atoms with Gasteiger partial charge in [0.25, 0.3) is 0 Å². The maximum absolute atomic E-state index is 11.1. The van der Waals surface area contributed by atoms with Gasteiger partial charge in [-0.2, -0.15) is 0 Å². The van der Waals surface area contributed by atoms with Gasteiger partial charge in [-0.05, 0) is 17.8 Å². The van der Waals surface area contributed by atoms with Crippen molar-refractivity contribution in [2.24, 2.45) is 17.3 Å². The summed E-state index contributed by atoms with van der Waals surface area (Å²) in [6.07, 6.45) is 3.50. The molecule has 0 aromatic rings. The van der Waals surface area contributed by atoms with Gasteiger partial charge in [-0.25, -0.2) is 0 Å². The zero-order chi connectivity index (χ0) is 9.47. The van der Waals surface area contributed by atoms with E-state index >= 15 is 0 Å². The molecule has 1 aliphatic heterocycles. The van der Waals surface area contributed by atoms with Crippen molar-refractivity contribution in [2.75, 3.05) is 13.1 Å². The largest absolute Gasteiger partial charge is 0.481 e. The smallest absolute Gasteiger partial charge is 0.308 e. The molecule has 0 radical (unpaired) electrons. The van der Waals surface area contributed by atoms with Gasteiger partial charge in [-0.15, -0.1) is 0 Å². The molecule has 1 saturated carbocycles. The second-order valence-electron chi connectivity index (χ2n) is 4.55. The quantitative estimate of drug-likeness (QED) is 0.640. The summed E-state index contributed by atoms with van der Waals surface area (Å²) in [6.45, 7) is 3.78. The molecule has 0 amide bonds. The third-order valence-electron chi connectivity index (χ3n) is 4.06. The first kappa shape index (κ1) is 9.00. The van der Waals surface area contributed by atoms with Crippen molar-refractivity contribution < 1.29 is 9.90 Å². The molecule has 1 heterocycles. The van der Waals surface area contributed by atoms with E-state index in [0.717, 1.165) is 13.0 Å². The fraction of sp³-hybridized carbons (Fsp3) is 0.900. The van der Waals surface area contributed by atoms with E-state index in [1.165, 1.54) is 12.8 Å². The summed E-state index contributed by atoms with van der Waals surface area (Å²) in [6, 6.07) is 0. The molecular formula is C10H17NO2. The van der Waals surface area contributed by atoms with Gasteiger partial charge < -0.3 is 10.4 Å². The zero-order valence-electron chi connectivity index (χ0n) is 8.05. The average Bonchev–Trinajstić information content (AvgIpc) is 2.62. The summed E-state index contributed by atoms with van der Waals surface area (Å²) in [5, 5.41) is 12.4. The van der Waals surface area contributed by atoms with Crippen LogP contribution in [0, 0.1) is 17.3 Å². The van der Waals surface area contributed by atoms with Crippen LogP contribution in [0.3, 0.4) is 0 Å². The third-order valence-corrected chi connectivity index (χ3v) is 4.06. The monoisotopic (exact) mass is 183 g/mol. The van der Waals surface area contributed by atoms with E-state index in [2.05, 4.69) is 12.2 Å². The van der Waals surface area contributed by atoms with Crippen molar-refractivity contribution in [2.45, 2.75) is 26.2 Å². The zero-order valence-corrected chi connectivity index (χ0v) is 8.05. The SMILES string of the molecule is CC1CCCC12CNCC2C(=O)O. The van der Waals surface area contributed by atoms with Crippen LogP contribution >= 0.6 is 0 Å². The van der Waals surface area contributed by atoms with E-state index in [-0.39, 0.29) is 11.3 Å². The predicted molar refractivity (Wildman–Crippen MR) is 49.4 cm³/mol. The highest BCUT2D eigenvalue weighted by Gasteiger charge is 2.52. The van der Waals surface area contributed by atoms with Crippen molar-refractivity contribution in [1.82, 2.24) is 5.32 Å². The van der Waals surface area contributed by atoms with Gasteiger partial charge in [0.2, 0.25) is 0 Å². The summed E-state index contributed by atoms with van der Waals surface area (Å²) in [4.78, 5) is 11.1. The van der Waals surface area contributed by atoms with Crippen molar-refractivity contribution in [1.29, 1.82) is 0 Å². The summed E-state index contributed by atoms with van der Waals surface area (Å²) >= 11 is 0. The molecule has 74 valence electrons. The highest BCUT2D eigenvalue weighted by Crippen LogP contribution is 2.50. The van der Waals surface area contributed by atoms with E-state index in [1.54, 1.807) is 0 Å². The van der Waals surface area contributed by atoms with Gasteiger partial charge in [0.15, 0.2) is 0 Å². The minimum Gasteiger partial charge on any atom is -0.481 e. The van der Waals surface area contributed by atoms with Crippen molar-refractivity contribution in [3.8, 4) is 0 Å². The Hall–Kier alpha value is -0.570. The lowest BCUT2D eigenvalue weighted by atomic mass is 9.71. The summed E-state index contributed by atoms with van der Waals surface area (Å²) in [5.74, 6) is -0.188. The molecule has 13 heavy (non-hydrogen) atoms. The summed E-state index contributed by atoms with van der Waals surface area (Å²) in [7, 11) is 0. The molecule has 0 aromatic heterocycles. The number of aliphatic carboxylic acids is 1. The Bertz CT molecular complexity index is 225. The van der Waals surface area contributed by atoms with Crippen LogP contribution in [-0.2, 0) is 4.79 Å². The van der Waals surface area contributed by atoms with Gasteiger partial charge in [-0.1, -0.05) is 19.8 Å². The first-order valence-electron chi connectivity index (χ1n) is 5.10. The Morgan fingerprint density at radius 3 is 2.92 bits per heavy atom. The number of carbonyl (C=O) groups is 1. The maximum atomic E-state index is 11.1. The molecule has 2 N–H and O–H groups in total. The molecule has 2 rings (SSSR count). The van der Waals surface area contributed by atoms with Gasteiger partial charge in [-0.3, -0.25) is 4.79 Å². The molecule has 1 aliphatic carbocycles. The van der Waals surface area contributed by atoms with Crippen molar-refractivity contribution in [3.05, 3.63) is 0 Å². The molecule has 3 unspecified atom stereocenters. The lowest BCUT2D eigenvalue weighted by Crippen LogP contribution is -2.37. The van der Waals surface area contributed by atoms with Gasteiger partial charge >= 0.3 is 5.97 Å². The Morgan fingerprint density at radius 2 is 2.38 bits per heavy atom.